The molecule has 154 valence electrons. The summed E-state index contributed by atoms with van der Waals surface area (Å²) in [5.74, 6) is 0.502. The summed E-state index contributed by atoms with van der Waals surface area (Å²) in [6, 6.07) is 9.60. The highest BCUT2D eigenvalue weighted by Gasteiger charge is 2.25. The Morgan fingerprint density at radius 2 is 1.78 bits per heavy atom. The van der Waals surface area contributed by atoms with Gasteiger partial charge in [-0.2, -0.15) is 0 Å². The van der Waals surface area contributed by atoms with E-state index in [1.165, 1.54) is 36.9 Å². The topological polar surface area (TPSA) is 58.4 Å². The molecule has 1 aliphatic heterocycles. The summed E-state index contributed by atoms with van der Waals surface area (Å²) >= 11 is 0. The zero-order valence-corrected chi connectivity index (χ0v) is 18.0. The third-order valence-electron chi connectivity index (χ3n) is 6.00. The number of rotatable bonds is 6. The Kier molecular flexibility index (Phi) is 10.7. The van der Waals surface area contributed by atoms with Crippen LogP contribution in [-0.2, 0) is 17.9 Å². The molecular formula is C21H35Cl2N3O. The summed E-state index contributed by atoms with van der Waals surface area (Å²) in [4.78, 5) is 14.7. The molecule has 0 radical (unpaired) electrons. The van der Waals surface area contributed by atoms with Gasteiger partial charge in [0.25, 0.3) is 0 Å². The fraction of sp³-hybridized carbons (Fsp3) is 0.667. The summed E-state index contributed by atoms with van der Waals surface area (Å²) in [5, 5.41) is 3.05. The minimum absolute atomic E-state index is 0. The normalized spacial score (nSPS) is 25.3. The number of nitrogens with zero attached hydrogens (tertiary/aromatic N) is 1. The molecule has 1 aromatic carbocycles. The molecule has 1 saturated carbocycles. The highest BCUT2D eigenvalue weighted by Crippen LogP contribution is 2.26. The minimum atomic E-state index is 0. The van der Waals surface area contributed by atoms with Crippen LogP contribution in [0.4, 0.5) is 0 Å². The number of likely N-dealkylation sites (tertiary alicyclic amines) is 1. The van der Waals surface area contributed by atoms with Crippen LogP contribution >= 0.6 is 24.8 Å². The number of nitrogens with two attached hydrogens (primary N) is 1. The van der Waals surface area contributed by atoms with E-state index in [2.05, 4.69) is 41.4 Å². The first kappa shape index (κ1) is 24.2. The van der Waals surface area contributed by atoms with Crippen LogP contribution in [0.5, 0.6) is 0 Å². The van der Waals surface area contributed by atoms with Crippen LogP contribution in [0.2, 0.25) is 0 Å². The van der Waals surface area contributed by atoms with Crippen molar-refractivity contribution in [3.05, 3.63) is 35.4 Å². The van der Waals surface area contributed by atoms with Crippen molar-refractivity contribution < 1.29 is 4.79 Å². The van der Waals surface area contributed by atoms with E-state index in [1.54, 1.807) is 0 Å². The molecule has 3 rings (SSSR count). The Labute approximate surface area is 176 Å². The predicted octanol–water partition coefficient (Wildman–Crippen LogP) is 4.04. The lowest BCUT2D eigenvalue weighted by molar-refractivity contribution is -0.122. The summed E-state index contributed by atoms with van der Waals surface area (Å²) in [6.45, 7) is 5.19. The highest BCUT2D eigenvalue weighted by molar-refractivity contribution is 5.85. The molecule has 6 heteroatoms. The van der Waals surface area contributed by atoms with Crippen molar-refractivity contribution in [3.8, 4) is 0 Å². The van der Waals surface area contributed by atoms with Crippen LogP contribution < -0.4 is 11.1 Å². The first-order chi connectivity index (χ1) is 12.1. The lowest BCUT2D eigenvalue weighted by Crippen LogP contribution is -2.36. The van der Waals surface area contributed by atoms with Crippen molar-refractivity contribution in [1.29, 1.82) is 0 Å². The minimum Gasteiger partial charge on any atom is -0.352 e. The van der Waals surface area contributed by atoms with E-state index in [4.69, 9.17) is 5.73 Å². The Morgan fingerprint density at radius 3 is 2.41 bits per heavy atom. The summed E-state index contributed by atoms with van der Waals surface area (Å²) in [7, 11) is 0. The molecule has 0 spiro atoms. The molecule has 1 aliphatic carbocycles. The summed E-state index contributed by atoms with van der Waals surface area (Å²) in [5.41, 5.74) is 8.58. The van der Waals surface area contributed by atoms with E-state index in [1.807, 2.05) is 0 Å². The van der Waals surface area contributed by atoms with Crippen LogP contribution in [0.15, 0.2) is 24.3 Å². The van der Waals surface area contributed by atoms with Gasteiger partial charge < -0.3 is 11.1 Å². The highest BCUT2D eigenvalue weighted by atomic mass is 35.5. The number of carbonyl (C=O) groups excluding carboxylic acids is 1. The third kappa shape index (κ3) is 7.26. The average Bonchev–Trinajstić information content (AvgIpc) is 3.01. The van der Waals surface area contributed by atoms with E-state index in [0.717, 1.165) is 25.8 Å². The van der Waals surface area contributed by atoms with E-state index < -0.39 is 0 Å². The van der Waals surface area contributed by atoms with E-state index in [9.17, 15) is 4.79 Å². The molecule has 1 saturated heterocycles. The van der Waals surface area contributed by atoms with Gasteiger partial charge in [-0.15, -0.1) is 24.8 Å². The summed E-state index contributed by atoms with van der Waals surface area (Å²) < 4.78 is 0. The maximum atomic E-state index is 12.1. The van der Waals surface area contributed by atoms with Crippen LogP contribution in [0.1, 0.15) is 63.0 Å². The Morgan fingerprint density at radius 1 is 1.07 bits per heavy atom. The van der Waals surface area contributed by atoms with Crippen LogP contribution in [0.25, 0.3) is 0 Å². The van der Waals surface area contributed by atoms with Gasteiger partial charge >= 0.3 is 0 Å². The molecule has 1 aromatic rings. The predicted molar refractivity (Wildman–Crippen MR) is 116 cm³/mol. The van der Waals surface area contributed by atoms with Gasteiger partial charge in [0.1, 0.15) is 0 Å². The maximum absolute atomic E-state index is 12.1. The number of hydrogen-bond acceptors (Lipinski definition) is 3. The van der Waals surface area contributed by atoms with Gasteiger partial charge in [0.2, 0.25) is 5.91 Å². The van der Waals surface area contributed by atoms with Crippen LogP contribution in [0.3, 0.4) is 0 Å². The monoisotopic (exact) mass is 415 g/mol. The molecule has 1 amide bonds. The molecule has 2 aliphatic rings. The largest absolute Gasteiger partial charge is 0.352 e. The van der Waals surface area contributed by atoms with E-state index in [-0.39, 0.29) is 36.8 Å². The van der Waals surface area contributed by atoms with Crippen molar-refractivity contribution in [2.75, 3.05) is 6.54 Å². The van der Waals surface area contributed by atoms with Crippen molar-refractivity contribution in [2.45, 2.75) is 77.0 Å². The average molecular weight is 416 g/mol. The number of carbonyl (C=O) groups is 1. The van der Waals surface area contributed by atoms with Gasteiger partial charge in [-0.3, -0.25) is 9.69 Å². The van der Waals surface area contributed by atoms with Crippen LogP contribution in [0, 0.1) is 5.92 Å². The van der Waals surface area contributed by atoms with Crippen molar-refractivity contribution in [2.24, 2.45) is 11.7 Å². The molecule has 3 atom stereocenters. The zero-order chi connectivity index (χ0) is 17.6. The molecule has 2 fully saturated rings. The summed E-state index contributed by atoms with van der Waals surface area (Å²) in [6.07, 6.45) is 7.89. The number of amides is 1. The first-order valence-corrected chi connectivity index (χ1v) is 9.96. The standard InChI is InChI=1S/C21H33N3O.2ClH/c1-16-5-2-3-12-24(16)15-18-10-8-17(9-11-18)14-23-21(25)13-19-6-4-7-20(19)22;;/h8-11,16,19-20H,2-7,12-15,22H2,1H3,(H,23,25);2*1H/t16?,19-,20+;;/m0../s1. The molecule has 3 N–H and O–H groups in total. The second kappa shape index (κ2) is 11.9. The van der Waals surface area contributed by atoms with Gasteiger partial charge in [-0.25, -0.2) is 0 Å². The molecule has 0 aromatic heterocycles. The Hall–Kier alpha value is -0.810. The quantitative estimate of drug-likeness (QED) is 0.736. The Balaban J connectivity index is 0.00000182. The number of piperidine rings is 1. The molecular weight excluding hydrogens is 381 g/mol. The third-order valence-corrected chi connectivity index (χ3v) is 6.00. The fourth-order valence-corrected chi connectivity index (χ4v) is 4.22. The molecule has 4 nitrogen and oxygen atoms in total. The number of hydrogen-bond donors (Lipinski definition) is 2. The lowest BCUT2D eigenvalue weighted by Gasteiger charge is -2.33. The number of nitrogens with one attached hydrogen (secondary N) is 1. The van der Waals surface area contributed by atoms with Crippen molar-refractivity contribution in [3.63, 3.8) is 0 Å². The zero-order valence-electron chi connectivity index (χ0n) is 16.4. The van der Waals surface area contributed by atoms with Gasteiger partial charge in [-0.1, -0.05) is 37.1 Å². The van der Waals surface area contributed by atoms with Gasteiger partial charge in [0.15, 0.2) is 0 Å². The number of benzene rings is 1. The molecule has 1 heterocycles. The molecule has 0 bridgehead atoms. The van der Waals surface area contributed by atoms with Crippen molar-refractivity contribution in [1.82, 2.24) is 10.2 Å². The van der Waals surface area contributed by atoms with Gasteiger partial charge in [0, 0.05) is 31.6 Å². The van der Waals surface area contributed by atoms with E-state index in [0.29, 0.717) is 24.9 Å². The Bertz CT molecular complexity index is 567. The first-order valence-electron chi connectivity index (χ1n) is 9.96. The van der Waals surface area contributed by atoms with Gasteiger partial charge in [0.05, 0.1) is 0 Å². The van der Waals surface area contributed by atoms with Gasteiger partial charge in [-0.05, 0) is 56.2 Å². The second-order valence-corrected chi connectivity index (χ2v) is 7.97. The lowest BCUT2D eigenvalue weighted by atomic mass is 10.00. The van der Waals surface area contributed by atoms with Crippen LogP contribution in [-0.4, -0.2) is 29.4 Å². The fourth-order valence-electron chi connectivity index (χ4n) is 4.22. The maximum Gasteiger partial charge on any atom is 0.220 e. The molecule has 1 unspecified atom stereocenters. The van der Waals surface area contributed by atoms with Crippen molar-refractivity contribution >= 4 is 30.7 Å². The van der Waals surface area contributed by atoms with E-state index >= 15 is 0 Å². The second-order valence-electron chi connectivity index (χ2n) is 7.97. The number of halogens is 2. The smallest absolute Gasteiger partial charge is 0.220 e. The molecule has 27 heavy (non-hydrogen) atoms. The SMILES string of the molecule is CC1CCCCN1Cc1ccc(CNC(=O)C[C@@H]2CCC[C@H]2N)cc1.Cl.Cl.